The van der Waals surface area contributed by atoms with Crippen molar-refractivity contribution in [3.05, 3.63) is 29.8 Å². The van der Waals surface area contributed by atoms with E-state index in [0.29, 0.717) is 11.6 Å². The van der Waals surface area contributed by atoms with E-state index in [9.17, 15) is 9.59 Å². The molecule has 0 atom stereocenters. The highest BCUT2D eigenvalue weighted by molar-refractivity contribution is 5.93. The molecule has 0 aliphatic heterocycles. The number of aromatic carboxylic acids is 1. The Kier molecular flexibility index (Phi) is 5.20. The zero-order chi connectivity index (χ0) is 15.2. The Balaban J connectivity index is 1.90. The van der Waals surface area contributed by atoms with E-state index in [2.05, 4.69) is 5.32 Å². The summed E-state index contributed by atoms with van der Waals surface area (Å²) >= 11 is 0. The van der Waals surface area contributed by atoms with Crippen LogP contribution in [0.4, 0.5) is 10.5 Å². The molecule has 1 saturated carbocycles. The number of carboxylic acid groups (broad SMARTS) is 1. The second-order valence-corrected chi connectivity index (χ2v) is 5.70. The van der Waals surface area contributed by atoms with Gasteiger partial charge in [-0.3, -0.25) is 0 Å². The fourth-order valence-electron chi connectivity index (χ4n) is 2.79. The fourth-order valence-corrected chi connectivity index (χ4v) is 2.79. The van der Waals surface area contributed by atoms with Crippen LogP contribution in [0.2, 0.25) is 0 Å². The van der Waals surface area contributed by atoms with Crippen LogP contribution in [0.15, 0.2) is 24.3 Å². The Morgan fingerprint density at radius 2 is 2.00 bits per heavy atom. The van der Waals surface area contributed by atoms with E-state index in [0.717, 1.165) is 6.54 Å². The summed E-state index contributed by atoms with van der Waals surface area (Å²) in [6.07, 6.45) is 6.17. The first-order chi connectivity index (χ1) is 10.1. The molecule has 0 unspecified atom stereocenters. The summed E-state index contributed by atoms with van der Waals surface area (Å²) < 4.78 is 0. The van der Waals surface area contributed by atoms with E-state index in [-0.39, 0.29) is 11.6 Å². The number of rotatable bonds is 4. The van der Waals surface area contributed by atoms with Crippen LogP contribution in [0.1, 0.15) is 42.5 Å². The maximum absolute atomic E-state index is 12.1. The molecule has 0 heterocycles. The molecular formula is C16H22N2O3. The number of hydrogen-bond donors (Lipinski definition) is 2. The zero-order valence-corrected chi connectivity index (χ0v) is 12.3. The third-order valence-electron chi connectivity index (χ3n) is 3.96. The third kappa shape index (κ3) is 4.48. The van der Waals surface area contributed by atoms with Crippen molar-refractivity contribution in [2.75, 3.05) is 18.9 Å². The maximum Gasteiger partial charge on any atom is 0.335 e. The predicted octanol–water partition coefficient (Wildman–Crippen LogP) is 3.43. The number of amides is 2. The molecule has 0 radical (unpaired) electrons. The molecule has 0 bridgehead atoms. The molecule has 1 aromatic carbocycles. The highest BCUT2D eigenvalue weighted by atomic mass is 16.4. The Morgan fingerprint density at radius 1 is 1.29 bits per heavy atom. The molecule has 2 rings (SSSR count). The Hall–Kier alpha value is -2.04. The largest absolute Gasteiger partial charge is 0.478 e. The summed E-state index contributed by atoms with van der Waals surface area (Å²) in [4.78, 5) is 24.7. The summed E-state index contributed by atoms with van der Waals surface area (Å²) in [5, 5.41) is 11.7. The van der Waals surface area contributed by atoms with Gasteiger partial charge in [0, 0.05) is 19.3 Å². The maximum atomic E-state index is 12.1. The second-order valence-electron chi connectivity index (χ2n) is 5.70. The van der Waals surface area contributed by atoms with Crippen molar-refractivity contribution >= 4 is 17.7 Å². The van der Waals surface area contributed by atoms with Crippen LogP contribution < -0.4 is 5.32 Å². The van der Waals surface area contributed by atoms with Crippen LogP contribution in [0, 0.1) is 5.92 Å². The van der Waals surface area contributed by atoms with Gasteiger partial charge in [0.1, 0.15) is 0 Å². The summed E-state index contributed by atoms with van der Waals surface area (Å²) in [6.45, 7) is 0.754. The van der Waals surface area contributed by atoms with Crippen LogP contribution >= 0.6 is 0 Å². The van der Waals surface area contributed by atoms with E-state index in [4.69, 9.17) is 5.11 Å². The molecule has 2 N–H and O–H groups in total. The molecule has 0 spiro atoms. The number of carboxylic acids is 1. The summed E-state index contributed by atoms with van der Waals surface area (Å²) in [7, 11) is 1.78. The van der Waals surface area contributed by atoms with Gasteiger partial charge in [-0.05, 0) is 37.0 Å². The van der Waals surface area contributed by atoms with Gasteiger partial charge in [0.05, 0.1) is 5.56 Å². The van der Waals surface area contributed by atoms with Gasteiger partial charge >= 0.3 is 12.0 Å². The number of nitrogens with one attached hydrogen (secondary N) is 1. The highest BCUT2D eigenvalue weighted by Gasteiger charge is 2.18. The average Bonchev–Trinajstić information content (AvgIpc) is 2.48. The minimum Gasteiger partial charge on any atom is -0.478 e. The van der Waals surface area contributed by atoms with Crippen molar-refractivity contribution in [3.8, 4) is 0 Å². The van der Waals surface area contributed by atoms with E-state index < -0.39 is 5.97 Å². The first kappa shape index (κ1) is 15.4. The molecule has 1 aromatic rings. The lowest BCUT2D eigenvalue weighted by Gasteiger charge is -2.27. The average molecular weight is 290 g/mol. The van der Waals surface area contributed by atoms with Crippen molar-refractivity contribution < 1.29 is 14.7 Å². The topological polar surface area (TPSA) is 69.6 Å². The number of anilines is 1. The van der Waals surface area contributed by atoms with Crippen molar-refractivity contribution in [2.24, 2.45) is 5.92 Å². The molecule has 0 aromatic heterocycles. The molecule has 114 valence electrons. The second kappa shape index (κ2) is 7.11. The summed E-state index contributed by atoms with van der Waals surface area (Å²) in [6, 6.07) is 6.10. The third-order valence-corrected chi connectivity index (χ3v) is 3.96. The first-order valence-corrected chi connectivity index (χ1v) is 7.42. The van der Waals surface area contributed by atoms with Crippen molar-refractivity contribution in [1.82, 2.24) is 4.90 Å². The number of benzene rings is 1. The van der Waals surface area contributed by atoms with E-state index in [1.807, 2.05) is 0 Å². The summed E-state index contributed by atoms with van der Waals surface area (Å²) in [5.41, 5.74) is 0.679. The van der Waals surface area contributed by atoms with Crippen LogP contribution in [-0.2, 0) is 0 Å². The SMILES string of the molecule is CN(CC1CCCCC1)C(=O)Nc1cccc(C(=O)O)c1. The lowest BCUT2D eigenvalue weighted by atomic mass is 9.89. The van der Waals surface area contributed by atoms with Crippen LogP contribution in [0.25, 0.3) is 0 Å². The predicted molar refractivity (Wildman–Crippen MR) is 81.6 cm³/mol. The molecule has 21 heavy (non-hydrogen) atoms. The monoisotopic (exact) mass is 290 g/mol. The lowest BCUT2D eigenvalue weighted by Crippen LogP contribution is -2.35. The van der Waals surface area contributed by atoms with Gasteiger partial charge in [-0.15, -0.1) is 0 Å². The fraction of sp³-hybridized carbons (Fsp3) is 0.500. The molecular weight excluding hydrogens is 268 g/mol. The Bertz CT molecular complexity index is 510. The summed E-state index contributed by atoms with van der Waals surface area (Å²) in [5.74, 6) is -0.415. The van der Waals surface area contributed by atoms with E-state index in [1.54, 1.807) is 24.1 Å². The van der Waals surface area contributed by atoms with Gasteiger partial charge in [0.15, 0.2) is 0 Å². The highest BCUT2D eigenvalue weighted by Crippen LogP contribution is 2.24. The number of carbonyl (C=O) groups excluding carboxylic acids is 1. The van der Waals surface area contributed by atoms with Gasteiger partial charge in [-0.1, -0.05) is 25.3 Å². The molecule has 1 aliphatic carbocycles. The molecule has 1 aliphatic rings. The van der Waals surface area contributed by atoms with E-state index >= 15 is 0 Å². The number of hydrogen-bond acceptors (Lipinski definition) is 2. The van der Waals surface area contributed by atoms with Gasteiger partial charge in [-0.25, -0.2) is 9.59 Å². The molecule has 0 saturated heterocycles. The Labute approximate surface area is 125 Å². The van der Waals surface area contributed by atoms with Crippen molar-refractivity contribution in [2.45, 2.75) is 32.1 Å². The normalized spacial score (nSPS) is 15.5. The molecule has 5 heteroatoms. The van der Waals surface area contributed by atoms with Gasteiger partial charge in [0.2, 0.25) is 0 Å². The first-order valence-electron chi connectivity index (χ1n) is 7.42. The van der Waals surface area contributed by atoms with Crippen LogP contribution in [-0.4, -0.2) is 35.6 Å². The minimum absolute atomic E-state index is 0.169. The quantitative estimate of drug-likeness (QED) is 0.892. The van der Waals surface area contributed by atoms with Gasteiger partial charge < -0.3 is 15.3 Å². The standard InChI is InChI=1S/C16H22N2O3/c1-18(11-12-6-3-2-4-7-12)16(21)17-14-9-5-8-13(10-14)15(19)20/h5,8-10,12H,2-4,6-7,11H2,1H3,(H,17,21)(H,19,20). The van der Waals surface area contributed by atoms with E-state index in [1.165, 1.54) is 44.2 Å². The van der Waals surface area contributed by atoms with Gasteiger partial charge in [0.25, 0.3) is 0 Å². The number of urea groups is 1. The van der Waals surface area contributed by atoms with Crippen LogP contribution in [0.3, 0.4) is 0 Å². The smallest absolute Gasteiger partial charge is 0.335 e. The molecule has 1 fully saturated rings. The number of nitrogens with zero attached hydrogens (tertiary/aromatic N) is 1. The van der Waals surface area contributed by atoms with Crippen molar-refractivity contribution in [3.63, 3.8) is 0 Å². The van der Waals surface area contributed by atoms with Crippen LogP contribution in [0.5, 0.6) is 0 Å². The zero-order valence-electron chi connectivity index (χ0n) is 12.3. The Morgan fingerprint density at radius 3 is 2.67 bits per heavy atom. The minimum atomic E-state index is -0.998. The number of carbonyl (C=O) groups is 2. The van der Waals surface area contributed by atoms with Gasteiger partial charge in [-0.2, -0.15) is 0 Å². The molecule has 2 amide bonds. The molecule has 5 nitrogen and oxygen atoms in total. The van der Waals surface area contributed by atoms with Crippen molar-refractivity contribution in [1.29, 1.82) is 0 Å². The lowest BCUT2D eigenvalue weighted by molar-refractivity contribution is 0.0697.